The molecular formula is C15H20N2O3. The summed E-state index contributed by atoms with van der Waals surface area (Å²) >= 11 is 0. The van der Waals surface area contributed by atoms with Gasteiger partial charge in [-0.1, -0.05) is 37.3 Å². The first-order valence-electron chi connectivity index (χ1n) is 6.72. The molecular weight excluding hydrogens is 256 g/mol. The third kappa shape index (κ3) is 3.73. The molecule has 2 rings (SSSR count). The van der Waals surface area contributed by atoms with Gasteiger partial charge in [-0.25, -0.2) is 4.79 Å². The minimum absolute atomic E-state index is 0.225. The number of primary amides is 1. The lowest BCUT2D eigenvalue weighted by Gasteiger charge is -2.22. The number of hydrogen-bond acceptors (Lipinski definition) is 3. The van der Waals surface area contributed by atoms with E-state index in [0.29, 0.717) is 19.5 Å². The zero-order valence-corrected chi connectivity index (χ0v) is 11.7. The molecule has 0 aliphatic carbocycles. The Morgan fingerprint density at radius 1 is 1.35 bits per heavy atom. The molecule has 1 unspecified atom stereocenters. The van der Waals surface area contributed by atoms with Crippen LogP contribution in [0.15, 0.2) is 30.3 Å². The molecule has 1 aromatic rings. The number of amides is 2. The van der Waals surface area contributed by atoms with E-state index < -0.39 is 0 Å². The third-order valence-electron chi connectivity index (χ3n) is 3.62. The summed E-state index contributed by atoms with van der Waals surface area (Å²) in [6, 6.07) is 9.55. The van der Waals surface area contributed by atoms with E-state index in [1.165, 1.54) is 0 Å². The molecule has 2 N–H and O–H groups in total. The van der Waals surface area contributed by atoms with Crippen molar-refractivity contribution in [1.82, 2.24) is 4.90 Å². The fraction of sp³-hybridized carbons (Fsp3) is 0.467. The molecule has 1 saturated heterocycles. The molecule has 2 amide bonds. The number of benzene rings is 1. The molecule has 20 heavy (non-hydrogen) atoms. The molecule has 0 bridgehead atoms. The summed E-state index contributed by atoms with van der Waals surface area (Å²) in [7, 11) is 0. The van der Waals surface area contributed by atoms with Crippen molar-refractivity contribution >= 4 is 12.0 Å². The molecule has 0 spiro atoms. The van der Waals surface area contributed by atoms with Gasteiger partial charge in [-0.15, -0.1) is 0 Å². The Hall–Kier alpha value is -2.04. The van der Waals surface area contributed by atoms with Gasteiger partial charge in [0, 0.05) is 19.5 Å². The number of nitrogens with two attached hydrogens (primary N) is 1. The van der Waals surface area contributed by atoms with Crippen LogP contribution in [0.4, 0.5) is 4.79 Å². The van der Waals surface area contributed by atoms with Crippen LogP contribution in [0.25, 0.3) is 0 Å². The summed E-state index contributed by atoms with van der Waals surface area (Å²) in [6.07, 6.45) is 0.744. The maximum atomic E-state index is 12.0. The molecule has 1 aromatic carbocycles. The maximum Gasteiger partial charge on any atom is 0.410 e. The van der Waals surface area contributed by atoms with Gasteiger partial charge in [0.2, 0.25) is 5.91 Å². The van der Waals surface area contributed by atoms with Crippen LogP contribution < -0.4 is 5.73 Å². The molecule has 1 aliphatic heterocycles. The van der Waals surface area contributed by atoms with Crippen molar-refractivity contribution in [1.29, 1.82) is 0 Å². The topological polar surface area (TPSA) is 72.6 Å². The first-order valence-corrected chi connectivity index (χ1v) is 6.72. The molecule has 1 atom stereocenters. The maximum absolute atomic E-state index is 12.0. The van der Waals surface area contributed by atoms with Crippen LogP contribution in [0, 0.1) is 5.41 Å². The molecule has 0 aromatic heterocycles. The normalized spacial score (nSPS) is 21.8. The molecule has 1 heterocycles. The van der Waals surface area contributed by atoms with Gasteiger partial charge < -0.3 is 15.4 Å². The summed E-state index contributed by atoms with van der Waals surface area (Å²) in [4.78, 5) is 24.7. The largest absolute Gasteiger partial charge is 0.445 e. The van der Waals surface area contributed by atoms with E-state index in [4.69, 9.17) is 10.5 Å². The number of carbonyl (C=O) groups excluding carboxylic acids is 2. The van der Waals surface area contributed by atoms with Crippen LogP contribution in [0.2, 0.25) is 0 Å². The van der Waals surface area contributed by atoms with E-state index >= 15 is 0 Å². The van der Waals surface area contributed by atoms with E-state index in [2.05, 4.69) is 0 Å². The van der Waals surface area contributed by atoms with Crippen molar-refractivity contribution in [3.05, 3.63) is 35.9 Å². The molecule has 5 nitrogen and oxygen atoms in total. The van der Waals surface area contributed by atoms with Crippen LogP contribution in [0.3, 0.4) is 0 Å². The van der Waals surface area contributed by atoms with Crippen LogP contribution in [0.1, 0.15) is 25.3 Å². The molecule has 5 heteroatoms. The second kappa shape index (κ2) is 5.94. The number of carbonyl (C=O) groups is 2. The van der Waals surface area contributed by atoms with E-state index in [9.17, 15) is 9.59 Å². The van der Waals surface area contributed by atoms with Gasteiger partial charge in [0.15, 0.2) is 0 Å². The first-order chi connectivity index (χ1) is 9.48. The Morgan fingerprint density at radius 2 is 2.05 bits per heavy atom. The Balaban J connectivity index is 1.84. The van der Waals surface area contributed by atoms with Crippen LogP contribution in [-0.2, 0) is 16.1 Å². The van der Waals surface area contributed by atoms with Gasteiger partial charge in [-0.3, -0.25) is 4.79 Å². The average Bonchev–Trinajstić information content (AvgIpc) is 2.78. The summed E-state index contributed by atoms with van der Waals surface area (Å²) in [6.45, 7) is 3.37. The Bertz CT molecular complexity index is 489. The standard InChI is InChI=1S/C15H20N2O3/c1-15(9-13(16)18)7-8-17(11-15)14(19)20-10-12-5-3-2-4-6-12/h2-6H,7-11H2,1H3,(H2,16,18). The number of rotatable bonds is 4. The molecule has 1 fully saturated rings. The van der Waals surface area contributed by atoms with Crippen molar-refractivity contribution in [3.63, 3.8) is 0 Å². The number of nitrogens with zero attached hydrogens (tertiary/aromatic N) is 1. The number of likely N-dealkylation sites (tertiary alicyclic amines) is 1. The number of hydrogen-bond donors (Lipinski definition) is 1. The number of ether oxygens (including phenoxy) is 1. The summed E-state index contributed by atoms with van der Waals surface area (Å²) in [5.41, 5.74) is 5.97. The van der Waals surface area contributed by atoms with Gasteiger partial charge >= 0.3 is 6.09 Å². The highest BCUT2D eigenvalue weighted by Crippen LogP contribution is 2.33. The van der Waals surface area contributed by atoms with Crippen molar-refractivity contribution in [3.8, 4) is 0 Å². The highest BCUT2D eigenvalue weighted by molar-refractivity contribution is 5.75. The minimum atomic E-state index is -0.331. The lowest BCUT2D eigenvalue weighted by molar-refractivity contribution is -0.119. The smallest absolute Gasteiger partial charge is 0.410 e. The molecule has 0 radical (unpaired) electrons. The van der Waals surface area contributed by atoms with Gasteiger partial charge in [-0.2, -0.15) is 0 Å². The van der Waals surface area contributed by atoms with Crippen LogP contribution >= 0.6 is 0 Å². The van der Waals surface area contributed by atoms with E-state index in [0.717, 1.165) is 12.0 Å². The monoisotopic (exact) mass is 276 g/mol. The van der Waals surface area contributed by atoms with Crippen LogP contribution in [-0.4, -0.2) is 30.0 Å². The second-order valence-corrected chi connectivity index (χ2v) is 5.67. The van der Waals surface area contributed by atoms with Crippen molar-refractivity contribution in [2.24, 2.45) is 11.1 Å². The fourth-order valence-electron chi connectivity index (χ4n) is 2.56. The predicted octanol–water partition coefficient (Wildman–Crippen LogP) is 1.91. The van der Waals surface area contributed by atoms with E-state index in [-0.39, 0.29) is 24.0 Å². The SMILES string of the molecule is CC1(CC(N)=O)CCN(C(=O)OCc2ccccc2)C1. The lowest BCUT2D eigenvalue weighted by Crippen LogP contribution is -2.33. The Labute approximate surface area is 118 Å². The molecule has 108 valence electrons. The van der Waals surface area contributed by atoms with Gasteiger partial charge in [0.05, 0.1) is 0 Å². The quantitative estimate of drug-likeness (QED) is 0.913. The third-order valence-corrected chi connectivity index (χ3v) is 3.62. The summed E-state index contributed by atoms with van der Waals surface area (Å²) < 4.78 is 5.28. The second-order valence-electron chi connectivity index (χ2n) is 5.67. The van der Waals surface area contributed by atoms with Crippen molar-refractivity contribution < 1.29 is 14.3 Å². The van der Waals surface area contributed by atoms with E-state index in [1.807, 2.05) is 37.3 Å². The zero-order valence-electron chi connectivity index (χ0n) is 11.7. The average molecular weight is 276 g/mol. The van der Waals surface area contributed by atoms with Gasteiger partial charge in [0.25, 0.3) is 0 Å². The van der Waals surface area contributed by atoms with E-state index in [1.54, 1.807) is 4.90 Å². The fourth-order valence-corrected chi connectivity index (χ4v) is 2.56. The predicted molar refractivity (Wildman–Crippen MR) is 74.7 cm³/mol. The highest BCUT2D eigenvalue weighted by Gasteiger charge is 2.37. The van der Waals surface area contributed by atoms with Crippen molar-refractivity contribution in [2.45, 2.75) is 26.4 Å². The first kappa shape index (κ1) is 14.4. The molecule has 1 aliphatic rings. The zero-order chi connectivity index (χ0) is 14.6. The highest BCUT2D eigenvalue weighted by atomic mass is 16.6. The minimum Gasteiger partial charge on any atom is -0.445 e. The summed E-state index contributed by atoms with van der Waals surface area (Å²) in [5.74, 6) is -0.327. The van der Waals surface area contributed by atoms with Crippen molar-refractivity contribution in [2.75, 3.05) is 13.1 Å². The summed E-state index contributed by atoms with van der Waals surface area (Å²) in [5, 5.41) is 0. The van der Waals surface area contributed by atoms with Gasteiger partial charge in [0.1, 0.15) is 6.61 Å². The van der Waals surface area contributed by atoms with Gasteiger partial charge in [-0.05, 0) is 17.4 Å². The van der Waals surface area contributed by atoms with Crippen LogP contribution in [0.5, 0.6) is 0 Å². The lowest BCUT2D eigenvalue weighted by atomic mass is 9.86. The molecule has 0 saturated carbocycles. The Morgan fingerprint density at radius 3 is 2.70 bits per heavy atom. The Kier molecular flexibility index (Phi) is 4.27.